The minimum Gasteiger partial charge on any atom is -0.314 e. The Balaban J connectivity index is 1.84. The molecule has 0 aliphatic heterocycles. The third kappa shape index (κ3) is 4.10. The van der Waals surface area contributed by atoms with Gasteiger partial charge in [-0.25, -0.2) is 0 Å². The molecule has 134 valence electrons. The van der Waals surface area contributed by atoms with Crippen molar-refractivity contribution in [2.45, 2.75) is 45.4 Å². The van der Waals surface area contributed by atoms with E-state index in [0.717, 1.165) is 18.4 Å². The van der Waals surface area contributed by atoms with E-state index in [1.165, 1.54) is 19.3 Å². The summed E-state index contributed by atoms with van der Waals surface area (Å²) in [5.41, 5.74) is 2.67. The highest BCUT2D eigenvalue weighted by Crippen LogP contribution is 2.19. The Morgan fingerprint density at radius 2 is 1.62 bits per heavy atom. The van der Waals surface area contributed by atoms with Crippen molar-refractivity contribution in [2.75, 3.05) is 0 Å². The van der Waals surface area contributed by atoms with E-state index in [2.05, 4.69) is 6.92 Å². The first-order valence-electron chi connectivity index (χ1n) is 9.45. The molecule has 0 spiro atoms. The second kappa shape index (κ2) is 8.61. The lowest BCUT2D eigenvalue weighted by Gasteiger charge is -2.09. The monoisotopic (exact) mass is 347 g/mol. The van der Waals surface area contributed by atoms with Gasteiger partial charge in [0.05, 0.1) is 5.69 Å². The molecule has 0 atom stereocenters. The van der Waals surface area contributed by atoms with Crippen LogP contribution < -0.4 is 0 Å². The van der Waals surface area contributed by atoms with Crippen molar-refractivity contribution in [3.8, 4) is 0 Å². The van der Waals surface area contributed by atoms with Gasteiger partial charge >= 0.3 is 0 Å². The van der Waals surface area contributed by atoms with Gasteiger partial charge in [0.1, 0.15) is 0 Å². The average molecular weight is 347 g/mol. The van der Waals surface area contributed by atoms with Crippen molar-refractivity contribution in [2.24, 2.45) is 0 Å². The van der Waals surface area contributed by atoms with Crippen LogP contribution in [0.4, 0.5) is 0 Å². The van der Waals surface area contributed by atoms with Crippen LogP contribution in [0.15, 0.2) is 60.8 Å². The number of carbonyl (C=O) groups excluding carboxylic acids is 2. The Hall–Kier alpha value is -2.68. The Morgan fingerprint density at radius 3 is 2.38 bits per heavy atom. The Bertz CT molecular complexity index is 893. The SMILES string of the molecule is CCCCCCCC(=O)c1cc(C(=O)c2ccccc2)n2cccc2c1. The van der Waals surface area contributed by atoms with Gasteiger partial charge in [0.25, 0.3) is 0 Å². The lowest BCUT2D eigenvalue weighted by Crippen LogP contribution is -2.10. The summed E-state index contributed by atoms with van der Waals surface area (Å²) < 4.78 is 1.85. The van der Waals surface area contributed by atoms with E-state index in [1.807, 2.05) is 47.0 Å². The van der Waals surface area contributed by atoms with Crippen LogP contribution in [0, 0.1) is 0 Å². The molecule has 0 bridgehead atoms. The number of fused-ring (bicyclic) bond motifs is 1. The van der Waals surface area contributed by atoms with Crippen LogP contribution in [0.25, 0.3) is 5.52 Å². The molecule has 26 heavy (non-hydrogen) atoms. The lowest BCUT2D eigenvalue weighted by atomic mass is 10.0. The van der Waals surface area contributed by atoms with Gasteiger partial charge in [-0.1, -0.05) is 62.9 Å². The summed E-state index contributed by atoms with van der Waals surface area (Å²) in [6.07, 6.45) is 8.00. The van der Waals surface area contributed by atoms with Crippen molar-refractivity contribution in [1.29, 1.82) is 0 Å². The second-order valence-corrected chi connectivity index (χ2v) is 6.71. The molecule has 0 amide bonds. The molecular weight excluding hydrogens is 322 g/mol. The number of ketones is 2. The van der Waals surface area contributed by atoms with Crippen LogP contribution in [-0.4, -0.2) is 16.0 Å². The molecule has 0 aliphatic carbocycles. The predicted octanol–water partition coefficient (Wildman–Crippen LogP) is 5.71. The van der Waals surface area contributed by atoms with Crippen molar-refractivity contribution in [3.63, 3.8) is 0 Å². The molecular formula is C23H25NO2. The van der Waals surface area contributed by atoms with Crippen LogP contribution in [0.5, 0.6) is 0 Å². The minimum atomic E-state index is -0.0654. The highest BCUT2D eigenvalue weighted by molar-refractivity contribution is 6.10. The normalized spacial score (nSPS) is 11.0. The molecule has 0 fully saturated rings. The van der Waals surface area contributed by atoms with Gasteiger partial charge < -0.3 is 4.40 Å². The van der Waals surface area contributed by atoms with Crippen LogP contribution >= 0.6 is 0 Å². The summed E-state index contributed by atoms with van der Waals surface area (Å²) in [6.45, 7) is 2.18. The first-order chi connectivity index (χ1) is 12.7. The van der Waals surface area contributed by atoms with E-state index in [-0.39, 0.29) is 11.6 Å². The number of carbonyl (C=O) groups is 2. The Kier molecular flexibility index (Phi) is 6.00. The van der Waals surface area contributed by atoms with Gasteiger partial charge in [-0.3, -0.25) is 9.59 Å². The van der Waals surface area contributed by atoms with Crippen molar-refractivity contribution >= 4 is 17.1 Å². The number of hydrogen-bond acceptors (Lipinski definition) is 2. The molecule has 3 nitrogen and oxygen atoms in total. The smallest absolute Gasteiger partial charge is 0.209 e. The fraction of sp³-hybridized carbons (Fsp3) is 0.304. The minimum absolute atomic E-state index is 0.0654. The number of unbranched alkanes of at least 4 members (excludes halogenated alkanes) is 4. The van der Waals surface area contributed by atoms with Gasteiger partial charge in [-0.15, -0.1) is 0 Å². The quantitative estimate of drug-likeness (QED) is 0.367. The summed E-state index contributed by atoms with van der Waals surface area (Å²) >= 11 is 0. The summed E-state index contributed by atoms with van der Waals surface area (Å²) in [4.78, 5) is 25.6. The zero-order valence-electron chi connectivity index (χ0n) is 15.3. The summed E-state index contributed by atoms with van der Waals surface area (Å²) in [5, 5.41) is 0. The molecule has 3 aromatic rings. The molecule has 1 aromatic carbocycles. The van der Waals surface area contributed by atoms with Crippen LogP contribution in [-0.2, 0) is 0 Å². The van der Waals surface area contributed by atoms with E-state index >= 15 is 0 Å². The molecule has 3 heteroatoms. The van der Waals surface area contributed by atoms with Gasteiger partial charge in [-0.2, -0.15) is 0 Å². The third-order valence-electron chi connectivity index (χ3n) is 4.73. The zero-order valence-corrected chi connectivity index (χ0v) is 15.3. The van der Waals surface area contributed by atoms with Crippen molar-refractivity contribution in [1.82, 2.24) is 4.40 Å². The average Bonchev–Trinajstić information content (AvgIpc) is 3.15. The third-order valence-corrected chi connectivity index (χ3v) is 4.73. The number of benzene rings is 1. The molecule has 0 aliphatic rings. The highest BCUT2D eigenvalue weighted by atomic mass is 16.1. The highest BCUT2D eigenvalue weighted by Gasteiger charge is 2.16. The number of hydrogen-bond donors (Lipinski definition) is 0. The van der Waals surface area contributed by atoms with E-state index in [4.69, 9.17) is 0 Å². The number of rotatable bonds is 9. The van der Waals surface area contributed by atoms with Crippen LogP contribution in [0.2, 0.25) is 0 Å². The Morgan fingerprint density at radius 1 is 0.846 bits per heavy atom. The first-order valence-corrected chi connectivity index (χ1v) is 9.45. The molecule has 3 rings (SSSR count). The molecule has 2 heterocycles. The summed E-state index contributed by atoms with van der Waals surface area (Å²) in [7, 11) is 0. The number of pyridine rings is 1. The van der Waals surface area contributed by atoms with Gasteiger partial charge in [0.15, 0.2) is 5.78 Å². The Labute approximate surface area is 154 Å². The largest absolute Gasteiger partial charge is 0.314 e. The number of Topliss-reactive ketones (excluding diaryl/α,β-unsaturated/α-hetero) is 1. The maximum Gasteiger partial charge on any atom is 0.209 e. The predicted molar refractivity (Wildman–Crippen MR) is 105 cm³/mol. The first kappa shape index (κ1) is 18.1. The molecule has 0 N–H and O–H groups in total. The van der Waals surface area contributed by atoms with Crippen LogP contribution in [0.3, 0.4) is 0 Å². The lowest BCUT2D eigenvalue weighted by molar-refractivity contribution is 0.0979. The van der Waals surface area contributed by atoms with E-state index in [9.17, 15) is 9.59 Å². The van der Waals surface area contributed by atoms with Crippen LogP contribution in [0.1, 0.15) is 71.9 Å². The summed E-state index contributed by atoms with van der Waals surface area (Å²) in [5.74, 6) is 0.0525. The molecule has 2 aromatic heterocycles. The standard InChI is InChI=1S/C23H25NO2/c1-2-3-4-5-9-14-22(25)19-16-20-13-10-15-24(20)21(17-19)23(26)18-11-7-6-8-12-18/h6-8,10-13,15-17H,2-5,9,14H2,1H3. The van der Waals surface area contributed by atoms with Crippen molar-refractivity contribution < 1.29 is 9.59 Å². The van der Waals surface area contributed by atoms with Gasteiger partial charge in [0.2, 0.25) is 5.78 Å². The fourth-order valence-electron chi connectivity index (χ4n) is 3.26. The maximum atomic E-state index is 12.9. The fourth-order valence-corrected chi connectivity index (χ4v) is 3.26. The number of aromatic nitrogens is 1. The molecule has 0 unspecified atom stereocenters. The molecule has 0 saturated heterocycles. The van der Waals surface area contributed by atoms with E-state index in [1.54, 1.807) is 18.2 Å². The topological polar surface area (TPSA) is 38.5 Å². The summed E-state index contributed by atoms with van der Waals surface area (Å²) in [6, 6.07) is 16.7. The van der Waals surface area contributed by atoms with Gasteiger partial charge in [0, 0.05) is 29.3 Å². The molecule has 0 radical (unpaired) electrons. The molecule has 0 saturated carbocycles. The number of nitrogens with zero attached hydrogens (tertiary/aromatic N) is 1. The van der Waals surface area contributed by atoms with Crippen molar-refractivity contribution in [3.05, 3.63) is 77.6 Å². The maximum absolute atomic E-state index is 12.9. The second-order valence-electron chi connectivity index (χ2n) is 6.71. The zero-order chi connectivity index (χ0) is 18.4. The van der Waals surface area contributed by atoms with E-state index < -0.39 is 0 Å². The van der Waals surface area contributed by atoms with Gasteiger partial charge in [-0.05, 0) is 30.7 Å². The van der Waals surface area contributed by atoms with E-state index in [0.29, 0.717) is 23.2 Å².